The van der Waals surface area contributed by atoms with Gasteiger partial charge in [-0.1, -0.05) is 12.1 Å². The van der Waals surface area contributed by atoms with Gasteiger partial charge < -0.3 is 14.8 Å². The van der Waals surface area contributed by atoms with Crippen LogP contribution in [0.15, 0.2) is 48.5 Å². The summed E-state index contributed by atoms with van der Waals surface area (Å²) in [6, 6.07) is 11.6. The molecule has 4 nitrogen and oxygen atoms in total. The van der Waals surface area contributed by atoms with Crippen LogP contribution >= 0.6 is 0 Å². The van der Waals surface area contributed by atoms with Crippen molar-refractivity contribution in [1.82, 2.24) is 0 Å². The Bertz CT molecular complexity index is 684. The summed E-state index contributed by atoms with van der Waals surface area (Å²) in [6.07, 6.45) is -4.60. The summed E-state index contributed by atoms with van der Waals surface area (Å²) in [5, 5.41) is 2.26. The second kappa shape index (κ2) is 7.72. The van der Waals surface area contributed by atoms with Crippen molar-refractivity contribution in [3.05, 3.63) is 54.1 Å². The maximum atomic E-state index is 12.8. The molecule has 0 bridgehead atoms. The number of hydrogen-bond donors (Lipinski definition) is 1. The molecule has 0 unspecified atom stereocenters. The highest BCUT2D eigenvalue weighted by Crippen LogP contribution is 2.34. The fourth-order valence-electron chi connectivity index (χ4n) is 1.99. The molecule has 0 aliphatic carbocycles. The highest BCUT2D eigenvalue weighted by atomic mass is 19.4. The van der Waals surface area contributed by atoms with Gasteiger partial charge in [-0.15, -0.1) is 0 Å². The van der Waals surface area contributed by atoms with E-state index in [9.17, 15) is 18.0 Å². The lowest BCUT2D eigenvalue weighted by atomic mass is 10.1. The van der Waals surface area contributed by atoms with E-state index in [1.807, 2.05) is 0 Å². The monoisotopic (exact) mass is 339 g/mol. The maximum absolute atomic E-state index is 12.8. The number of hydrogen-bond acceptors (Lipinski definition) is 3. The maximum Gasteiger partial charge on any atom is 0.418 e. The lowest BCUT2D eigenvalue weighted by Gasteiger charge is -2.13. The summed E-state index contributed by atoms with van der Waals surface area (Å²) in [5.41, 5.74) is -1.14. The third-order valence-corrected chi connectivity index (χ3v) is 3.16. The van der Waals surface area contributed by atoms with Crippen molar-refractivity contribution in [3.63, 3.8) is 0 Å². The molecule has 0 radical (unpaired) electrons. The molecule has 0 aliphatic rings. The molecule has 24 heavy (non-hydrogen) atoms. The number of rotatable bonds is 6. The van der Waals surface area contributed by atoms with Crippen molar-refractivity contribution < 1.29 is 27.4 Å². The van der Waals surface area contributed by atoms with Gasteiger partial charge in [0.1, 0.15) is 11.5 Å². The topological polar surface area (TPSA) is 47.6 Å². The Hall–Kier alpha value is -2.70. The number of amides is 1. The van der Waals surface area contributed by atoms with Gasteiger partial charge in [0.2, 0.25) is 5.91 Å². The van der Waals surface area contributed by atoms with Crippen molar-refractivity contribution in [2.75, 3.05) is 19.0 Å². The molecule has 0 fully saturated rings. The fourth-order valence-corrected chi connectivity index (χ4v) is 1.99. The Morgan fingerprint density at radius 1 is 1.04 bits per heavy atom. The molecule has 0 aliphatic heterocycles. The average Bonchev–Trinajstić information content (AvgIpc) is 2.55. The molecule has 0 heterocycles. The number of para-hydroxylation sites is 1. The van der Waals surface area contributed by atoms with Crippen molar-refractivity contribution >= 4 is 11.6 Å². The fraction of sp³-hybridized carbons (Fsp3) is 0.235. The number of halogens is 3. The van der Waals surface area contributed by atoms with Crippen molar-refractivity contribution in [2.45, 2.75) is 12.6 Å². The molecule has 0 saturated carbocycles. The van der Waals surface area contributed by atoms with Crippen LogP contribution in [0.4, 0.5) is 18.9 Å². The number of ether oxygens (including phenoxy) is 2. The lowest BCUT2D eigenvalue weighted by molar-refractivity contribution is -0.137. The molecule has 1 amide bonds. The normalized spacial score (nSPS) is 11.0. The Balaban J connectivity index is 1.87. The van der Waals surface area contributed by atoms with Gasteiger partial charge >= 0.3 is 6.18 Å². The van der Waals surface area contributed by atoms with Gasteiger partial charge in [0.15, 0.2) is 0 Å². The van der Waals surface area contributed by atoms with Crippen molar-refractivity contribution in [3.8, 4) is 11.5 Å². The Kier molecular flexibility index (Phi) is 5.68. The van der Waals surface area contributed by atoms with Crippen LogP contribution in [-0.4, -0.2) is 19.6 Å². The largest absolute Gasteiger partial charge is 0.497 e. The molecule has 7 heteroatoms. The first-order chi connectivity index (χ1) is 11.4. The van der Waals surface area contributed by atoms with Gasteiger partial charge in [-0.3, -0.25) is 4.79 Å². The minimum absolute atomic E-state index is 0.0480. The number of benzene rings is 2. The number of carbonyl (C=O) groups is 1. The van der Waals surface area contributed by atoms with E-state index < -0.39 is 17.6 Å². The van der Waals surface area contributed by atoms with Gasteiger partial charge in [-0.25, -0.2) is 0 Å². The summed E-state index contributed by atoms with van der Waals surface area (Å²) in [6.45, 7) is 0.0480. The average molecular weight is 339 g/mol. The van der Waals surface area contributed by atoms with E-state index in [4.69, 9.17) is 9.47 Å². The SMILES string of the molecule is COc1ccc(OCCC(=O)Nc2ccccc2C(F)(F)F)cc1. The molecular weight excluding hydrogens is 323 g/mol. The molecule has 0 atom stereocenters. The molecule has 0 spiro atoms. The van der Waals surface area contributed by atoms with Gasteiger partial charge in [0.25, 0.3) is 0 Å². The number of carbonyl (C=O) groups excluding carboxylic acids is 1. The zero-order valence-electron chi connectivity index (χ0n) is 12.9. The lowest BCUT2D eigenvalue weighted by Crippen LogP contribution is -2.18. The van der Waals surface area contributed by atoms with Crippen LogP contribution in [0.3, 0.4) is 0 Å². The van der Waals surface area contributed by atoms with Crippen LogP contribution in [-0.2, 0) is 11.0 Å². The van der Waals surface area contributed by atoms with E-state index in [2.05, 4.69) is 5.32 Å². The van der Waals surface area contributed by atoms with E-state index in [0.717, 1.165) is 6.07 Å². The molecule has 2 aromatic carbocycles. The third kappa shape index (κ3) is 4.91. The van der Waals surface area contributed by atoms with Gasteiger partial charge in [0.05, 0.1) is 31.4 Å². The summed E-state index contributed by atoms with van der Waals surface area (Å²) in [7, 11) is 1.54. The van der Waals surface area contributed by atoms with Crippen LogP contribution in [0.5, 0.6) is 11.5 Å². The standard InChI is InChI=1S/C17H16F3NO3/c1-23-12-6-8-13(9-7-12)24-11-10-16(22)21-15-5-3-2-4-14(15)17(18,19)20/h2-9H,10-11H2,1H3,(H,21,22). The van der Waals surface area contributed by atoms with Gasteiger partial charge in [-0.05, 0) is 36.4 Å². The molecular formula is C17H16F3NO3. The van der Waals surface area contributed by atoms with Gasteiger partial charge in [0, 0.05) is 0 Å². The van der Waals surface area contributed by atoms with E-state index in [1.54, 1.807) is 31.4 Å². The Morgan fingerprint density at radius 3 is 2.29 bits per heavy atom. The first kappa shape index (κ1) is 17.7. The van der Waals surface area contributed by atoms with Crippen molar-refractivity contribution in [2.24, 2.45) is 0 Å². The molecule has 0 aromatic heterocycles. The van der Waals surface area contributed by atoms with E-state index in [-0.39, 0.29) is 18.7 Å². The van der Waals surface area contributed by atoms with E-state index in [1.165, 1.54) is 18.2 Å². The number of methoxy groups -OCH3 is 1. The summed E-state index contributed by atoms with van der Waals surface area (Å²) < 4.78 is 48.9. The van der Waals surface area contributed by atoms with E-state index in [0.29, 0.717) is 11.5 Å². The molecule has 1 N–H and O–H groups in total. The molecule has 2 aromatic rings. The Morgan fingerprint density at radius 2 is 1.67 bits per heavy atom. The second-order valence-electron chi connectivity index (χ2n) is 4.87. The summed E-state index contributed by atoms with van der Waals surface area (Å²) >= 11 is 0. The van der Waals surface area contributed by atoms with Crippen LogP contribution in [0, 0.1) is 0 Å². The van der Waals surface area contributed by atoms with Crippen molar-refractivity contribution in [1.29, 1.82) is 0 Å². The van der Waals surface area contributed by atoms with Crippen LogP contribution in [0.25, 0.3) is 0 Å². The first-order valence-corrected chi connectivity index (χ1v) is 7.13. The minimum Gasteiger partial charge on any atom is -0.497 e. The molecule has 128 valence electrons. The smallest absolute Gasteiger partial charge is 0.418 e. The summed E-state index contributed by atoms with van der Waals surface area (Å²) in [5.74, 6) is 0.656. The quantitative estimate of drug-likeness (QED) is 0.861. The molecule has 2 rings (SSSR count). The number of alkyl halides is 3. The predicted octanol–water partition coefficient (Wildman–Crippen LogP) is 4.12. The highest BCUT2D eigenvalue weighted by molar-refractivity contribution is 5.91. The second-order valence-corrected chi connectivity index (χ2v) is 4.87. The summed E-state index contributed by atoms with van der Waals surface area (Å²) in [4.78, 5) is 11.8. The number of nitrogens with one attached hydrogen (secondary N) is 1. The van der Waals surface area contributed by atoms with E-state index >= 15 is 0 Å². The van der Waals surface area contributed by atoms with Crippen LogP contribution in [0.2, 0.25) is 0 Å². The highest BCUT2D eigenvalue weighted by Gasteiger charge is 2.33. The van der Waals surface area contributed by atoms with Gasteiger partial charge in [-0.2, -0.15) is 13.2 Å². The molecule has 0 saturated heterocycles. The van der Waals surface area contributed by atoms with Crippen LogP contribution in [0.1, 0.15) is 12.0 Å². The number of anilines is 1. The van der Waals surface area contributed by atoms with Crippen LogP contribution < -0.4 is 14.8 Å². The zero-order chi connectivity index (χ0) is 17.6. The first-order valence-electron chi connectivity index (χ1n) is 7.13. The zero-order valence-corrected chi connectivity index (χ0v) is 12.9. The predicted molar refractivity (Wildman–Crippen MR) is 83.2 cm³/mol. The Labute approximate surface area is 137 Å². The minimum atomic E-state index is -4.52. The third-order valence-electron chi connectivity index (χ3n) is 3.16.